The Morgan fingerprint density at radius 1 is 1.67 bits per heavy atom. The minimum absolute atomic E-state index is 0.295. The van der Waals surface area contributed by atoms with Gasteiger partial charge in [0.05, 0.1) is 12.1 Å². The van der Waals surface area contributed by atoms with Crippen LogP contribution in [0.5, 0.6) is 0 Å². The van der Waals surface area contributed by atoms with E-state index in [1.807, 2.05) is 0 Å². The number of nitriles is 1. The molecule has 0 fully saturated rings. The SMILES string of the molecule is N#C/C=C/c1ccc([N+](=O)[O-])o1. The smallest absolute Gasteiger partial charge is 0.401 e. The maximum atomic E-state index is 10.1. The molecule has 60 valence electrons. The fourth-order valence-electron chi connectivity index (χ4n) is 0.649. The van der Waals surface area contributed by atoms with Crippen molar-refractivity contribution in [2.24, 2.45) is 0 Å². The fraction of sp³-hybridized carbons (Fsp3) is 0. The molecule has 1 rings (SSSR count). The van der Waals surface area contributed by atoms with E-state index in [2.05, 4.69) is 0 Å². The molecule has 0 bridgehead atoms. The summed E-state index contributed by atoms with van der Waals surface area (Å²) < 4.78 is 4.71. The average molecular weight is 164 g/mol. The average Bonchev–Trinajstić information content (AvgIpc) is 2.48. The number of rotatable bonds is 2. The second kappa shape index (κ2) is 3.34. The number of hydrogen-bond donors (Lipinski definition) is 0. The largest absolute Gasteiger partial charge is 0.433 e. The molecule has 0 aliphatic heterocycles. The van der Waals surface area contributed by atoms with Crippen LogP contribution in [0.1, 0.15) is 5.76 Å². The van der Waals surface area contributed by atoms with E-state index in [4.69, 9.17) is 9.68 Å². The summed E-state index contributed by atoms with van der Waals surface area (Å²) in [5.74, 6) is -0.0316. The Kier molecular flexibility index (Phi) is 2.23. The molecule has 0 atom stereocenters. The summed E-state index contributed by atoms with van der Waals surface area (Å²) in [4.78, 5) is 9.48. The lowest BCUT2D eigenvalue weighted by Crippen LogP contribution is -1.82. The van der Waals surface area contributed by atoms with Crippen LogP contribution >= 0.6 is 0 Å². The topological polar surface area (TPSA) is 80.1 Å². The van der Waals surface area contributed by atoms with Crippen LogP contribution in [0.3, 0.4) is 0 Å². The molecule has 12 heavy (non-hydrogen) atoms. The van der Waals surface area contributed by atoms with Crippen LogP contribution in [0.25, 0.3) is 6.08 Å². The Morgan fingerprint density at radius 2 is 2.42 bits per heavy atom. The van der Waals surface area contributed by atoms with Gasteiger partial charge < -0.3 is 4.42 Å². The summed E-state index contributed by atoms with van der Waals surface area (Å²) in [5.41, 5.74) is 0. The van der Waals surface area contributed by atoms with Gasteiger partial charge in [-0.05, 0) is 12.1 Å². The van der Waals surface area contributed by atoms with Crippen molar-refractivity contribution < 1.29 is 9.34 Å². The molecule has 5 nitrogen and oxygen atoms in total. The van der Waals surface area contributed by atoms with Gasteiger partial charge in [0.15, 0.2) is 0 Å². The fourth-order valence-corrected chi connectivity index (χ4v) is 0.649. The summed E-state index contributed by atoms with van der Waals surface area (Å²) in [6.07, 6.45) is 2.54. The van der Waals surface area contributed by atoms with Crippen molar-refractivity contribution in [2.75, 3.05) is 0 Å². The Labute approximate surface area is 67.7 Å². The lowest BCUT2D eigenvalue weighted by Gasteiger charge is -1.81. The first-order chi connectivity index (χ1) is 5.74. The van der Waals surface area contributed by atoms with Crippen LogP contribution in [-0.2, 0) is 0 Å². The third kappa shape index (κ3) is 1.70. The zero-order valence-corrected chi connectivity index (χ0v) is 5.93. The van der Waals surface area contributed by atoms with Crippen molar-refractivity contribution in [3.05, 3.63) is 34.1 Å². The molecule has 1 heterocycles. The van der Waals surface area contributed by atoms with Crippen LogP contribution in [0.15, 0.2) is 22.6 Å². The van der Waals surface area contributed by atoms with Gasteiger partial charge in [-0.1, -0.05) is 0 Å². The molecule has 0 aliphatic carbocycles. The van der Waals surface area contributed by atoms with Gasteiger partial charge >= 0.3 is 5.88 Å². The summed E-state index contributed by atoms with van der Waals surface area (Å²) in [6.45, 7) is 0. The summed E-state index contributed by atoms with van der Waals surface area (Å²) in [7, 11) is 0. The van der Waals surface area contributed by atoms with E-state index in [0.717, 1.165) is 0 Å². The molecule has 0 aliphatic rings. The molecule has 5 heteroatoms. The molecule has 0 saturated heterocycles. The standard InChI is InChI=1S/C7H4N2O3/c8-5-1-2-6-3-4-7(12-6)9(10)11/h1-4H/b2-1+. The second-order valence-electron chi connectivity index (χ2n) is 1.90. The molecule has 1 aromatic heterocycles. The summed E-state index contributed by atoms with van der Waals surface area (Å²) >= 11 is 0. The maximum absolute atomic E-state index is 10.1. The molecule has 0 unspecified atom stereocenters. The monoisotopic (exact) mass is 164 g/mol. The highest BCUT2D eigenvalue weighted by molar-refractivity contribution is 5.47. The van der Waals surface area contributed by atoms with Crippen LogP contribution in [0, 0.1) is 21.4 Å². The third-order valence-corrected chi connectivity index (χ3v) is 1.11. The number of nitrogens with zero attached hydrogens (tertiary/aromatic N) is 2. The molecule has 0 radical (unpaired) electrons. The zero-order valence-electron chi connectivity index (χ0n) is 5.93. The van der Waals surface area contributed by atoms with E-state index in [9.17, 15) is 10.1 Å². The highest BCUT2D eigenvalue weighted by atomic mass is 16.6. The Morgan fingerprint density at radius 3 is 2.92 bits per heavy atom. The summed E-state index contributed by atoms with van der Waals surface area (Å²) in [5, 5.41) is 18.2. The molecular weight excluding hydrogens is 160 g/mol. The molecular formula is C7H4N2O3. The van der Waals surface area contributed by atoms with Gasteiger partial charge in [-0.15, -0.1) is 0 Å². The van der Waals surface area contributed by atoms with Crippen molar-refractivity contribution in [3.63, 3.8) is 0 Å². The number of furan rings is 1. The van der Waals surface area contributed by atoms with E-state index in [1.165, 1.54) is 24.3 Å². The van der Waals surface area contributed by atoms with Gasteiger partial charge in [0.2, 0.25) is 0 Å². The van der Waals surface area contributed by atoms with Crippen molar-refractivity contribution in [1.29, 1.82) is 5.26 Å². The van der Waals surface area contributed by atoms with Crippen molar-refractivity contribution in [1.82, 2.24) is 0 Å². The zero-order chi connectivity index (χ0) is 8.97. The van der Waals surface area contributed by atoms with E-state index in [1.54, 1.807) is 6.07 Å². The van der Waals surface area contributed by atoms with Gasteiger partial charge in [0, 0.05) is 6.08 Å². The van der Waals surface area contributed by atoms with Crippen LogP contribution in [0.2, 0.25) is 0 Å². The van der Waals surface area contributed by atoms with Gasteiger partial charge in [0.1, 0.15) is 10.7 Å². The minimum atomic E-state index is -0.635. The molecule has 0 N–H and O–H groups in total. The first kappa shape index (κ1) is 8.01. The Bertz CT molecular complexity index is 359. The van der Waals surface area contributed by atoms with E-state index in [0.29, 0.717) is 5.76 Å². The number of allylic oxidation sites excluding steroid dienone is 1. The number of nitro groups is 1. The van der Waals surface area contributed by atoms with Gasteiger partial charge in [-0.25, -0.2) is 0 Å². The molecule has 0 aromatic carbocycles. The lowest BCUT2D eigenvalue weighted by atomic mass is 10.4. The Balaban J connectivity index is 2.86. The number of hydrogen-bond acceptors (Lipinski definition) is 4. The van der Waals surface area contributed by atoms with E-state index in [-0.39, 0.29) is 5.88 Å². The molecule has 0 spiro atoms. The highest BCUT2D eigenvalue weighted by Gasteiger charge is 2.09. The van der Waals surface area contributed by atoms with Gasteiger partial charge in [-0.3, -0.25) is 10.1 Å². The molecule has 1 aromatic rings. The normalized spacial score (nSPS) is 9.92. The van der Waals surface area contributed by atoms with Crippen LogP contribution in [-0.4, -0.2) is 4.92 Å². The predicted octanol–water partition coefficient (Wildman–Crippen LogP) is 1.72. The lowest BCUT2D eigenvalue weighted by molar-refractivity contribution is -0.402. The van der Waals surface area contributed by atoms with Gasteiger partial charge in [0.25, 0.3) is 0 Å². The van der Waals surface area contributed by atoms with Crippen molar-refractivity contribution >= 4 is 12.0 Å². The van der Waals surface area contributed by atoms with Crippen LogP contribution < -0.4 is 0 Å². The van der Waals surface area contributed by atoms with E-state index >= 15 is 0 Å². The molecule has 0 amide bonds. The maximum Gasteiger partial charge on any atom is 0.433 e. The first-order valence-electron chi connectivity index (χ1n) is 3.04. The third-order valence-electron chi connectivity index (χ3n) is 1.11. The quantitative estimate of drug-likeness (QED) is 0.378. The predicted molar refractivity (Wildman–Crippen MR) is 40.0 cm³/mol. The molecule has 0 saturated carbocycles. The highest BCUT2D eigenvalue weighted by Crippen LogP contribution is 2.16. The summed E-state index contributed by atoms with van der Waals surface area (Å²) in [6, 6.07) is 4.40. The van der Waals surface area contributed by atoms with E-state index < -0.39 is 4.92 Å². The minimum Gasteiger partial charge on any atom is -0.401 e. The Hall–Kier alpha value is -2.09. The van der Waals surface area contributed by atoms with Crippen LogP contribution in [0.4, 0.5) is 5.88 Å². The van der Waals surface area contributed by atoms with Crippen molar-refractivity contribution in [2.45, 2.75) is 0 Å². The van der Waals surface area contributed by atoms with Crippen molar-refractivity contribution in [3.8, 4) is 6.07 Å². The van der Waals surface area contributed by atoms with Gasteiger partial charge in [-0.2, -0.15) is 5.26 Å². The second-order valence-corrected chi connectivity index (χ2v) is 1.90. The first-order valence-corrected chi connectivity index (χ1v) is 3.04.